The highest BCUT2D eigenvalue weighted by atomic mass is 16.6. The summed E-state index contributed by atoms with van der Waals surface area (Å²) in [5.74, 6) is 0.504. The van der Waals surface area contributed by atoms with E-state index in [4.69, 9.17) is 10.5 Å². The van der Waals surface area contributed by atoms with Gasteiger partial charge in [-0.15, -0.1) is 0 Å². The number of carbonyl (C=O) groups excluding carboxylic acids is 2. The van der Waals surface area contributed by atoms with Crippen molar-refractivity contribution in [1.82, 2.24) is 5.32 Å². The lowest BCUT2D eigenvalue weighted by molar-refractivity contribution is -0.118. The van der Waals surface area contributed by atoms with Crippen LogP contribution >= 0.6 is 0 Å². The third kappa shape index (κ3) is 3.64. The lowest BCUT2D eigenvalue weighted by Gasteiger charge is -2.39. The number of nitrogens with zero attached hydrogens (tertiary/aromatic N) is 1. The fourth-order valence-electron chi connectivity index (χ4n) is 3.31. The predicted molar refractivity (Wildman–Crippen MR) is 101 cm³/mol. The lowest BCUT2D eigenvalue weighted by Crippen LogP contribution is -2.46. The van der Waals surface area contributed by atoms with Crippen LogP contribution in [0.15, 0.2) is 48.5 Å². The van der Waals surface area contributed by atoms with E-state index >= 15 is 0 Å². The van der Waals surface area contributed by atoms with Gasteiger partial charge in [-0.1, -0.05) is 25.1 Å². The molecule has 26 heavy (non-hydrogen) atoms. The number of rotatable bonds is 3. The van der Waals surface area contributed by atoms with E-state index < -0.39 is 6.09 Å². The number of nitrogens with one attached hydrogen (secondary N) is 1. The molecule has 136 valence electrons. The van der Waals surface area contributed by atoms with Crippen LogP contribution in [0.2, 0.25) is 0 Å². The van der Waals surface area contributed by atoms with Gasteiger partial charge in [0.2, 0.25) is 5.91 Å². The zero-order valence-electron chi connectivity index (χ0n) is 14.9. The van der Waals surface area contributed by atoms with Crippen LogP contribution in [0.3, 0.4) is 0 Å². The van der Waals surface area contributed by atoms with Gasteiger partial charge in [0.1, 0.15) is 5.75 Å². The van der Waals surface area contributed by atoms with Crippen LogP contribution in [0.25, 0.3) is 0 Å². The van der Waals surface area contributed by atoms with Gasteiger partial charge < -0.3 is 20.7 Å². The van der Waals surface area contributed by atoms with Crippen LogP contribution in [0.5, 0.6) is 5.75 Å². The minimum Gasteiger partial charge on any atom is -0.410 e. The average molecular weight is 353 g/mol. The average Bonchev–Trinajstić information content (AvgIpc) is 2.63. The van der Waals surface area contributed by atoms with Crippen molar-refractivity contribution in [2.75, 3.05) is 10.6 Å². The molecular formula is C20H23N3O3. The first-order valence-corrected chi connectivity index (χ1v) is 8.74. The summed E-state index contributed by atoms with van der Waals surface area (Å²) in [7, 11) is 0. The number of hydrogen-bond donors (Lipinski definition) is 2. The van der Waals surface area contributed by atoms with Crippen molar-refractivity contribution in [3.63, 3.8) is 0 Å². The van der Waals surface area contributed by atoms with E-state index in [1.54, 1.807) is 24.3 Å². The molecule has 3 N–H and O–H groups in total. The van der Waals surface area contributed by atoms with E-state index in [1.807, 2.05) is 43.0 Å². The lowest BCUT2D eigenvalue weighted by atomic mass is 9.91. The smallest absolute Gasteiger partial charge is 0.410 e. The number of fused-ring (bicyclic) bond motifs is 1. The van der Waals surface area contributed by atoms with Crippen molar-refractivity contribution in [2.24, 2.45) is 0 Å². The molecule has 0 radical (unpaired) electrons. The van der Waals surface area contributed by atoms with Gasteiger partial charge in [-0.3, -0.25) is 4.79 Å². The Morgan fingerprint density at radius 1 is 1.19 bits per heavy atom. The molecule has 1 heterocycles. The Kier molecular flexibility index (Phi) is 5.11. The van der Waals surface area contributed by atoms with Crippen molar-refractivity contribution in [3.05, 3.63) is 54.1 Å². The molecule has 0 saturated carbocycles. The van der Waals surface area contributed by atoms with Gasteiger partial charge in [0, 0.05) is 23.8 Å². The summed E-state index contributed by atoms with van der Waals surface area (Å²) in [5, 5.41) is 2.92. The Morgan fingerprint density at radius 3 is 2.58 bits per heavy atom. The number of anilines is 2. The number of carbonyl (C=O) groups is 2. The second-order valence-electron chi connectivity index (χ2n) is 6.42. The standard InChI is InChI=1S/C20H23N3O3/c1-3-19(24)23-13(2)12-17(16-6-4-5-7-18(16)23)22-20(25)26-15-10-8-14(21)9-11-15/h4-11,13,17H,3,12,21H2,1-2H3,(H,22,25)/t13-,17+/m0/s1. The normalized spacial score (nSPS) is 18.8. The Morgan fingerprint density at radius 2 is 1.88 bits per heavy atom. The summed E-state index contributed by atoms with van der Waals surface area (Å²) in [4.78, 5) is 26.5. The highest BCUT2D eigenvalue weighted by Gasteiger charge is 2.33. The first-order valence-electron chi connectivity index (χ1n) is 8.74. The fourth-order valence-corrected chi connectivity index (χ4v) is 3.31. The van der Waals surface area contributed by atoms with Crippen LogP contribution in [-0.2, 0) is 4.79 Å². The minimum atomic E-state index is -0.531. The molecule has 6 nitrogen and oxygen atoms in total. The molecule has 0 aromatic heterocycles. The van der Waals surface area contributed by atoms with E-state index in [2.05, 4.69) is 5.32 Å². The molecular weight excluding hydrogens is 330 g/mol. The van der Waals surface area contributed by atoms with Gasteiger partial charge in [0.05, 0.1) is 6.04 Å². The zero-order valence-corrected chi connectivity index (χ0v) is 14.9. The van der Waals surface area contributed by atoms with Gasteiger partial charge >= 0.3 is 6.09 Å². The van der Waals surface area contributed by atoms with E-state index in [-0.39, 0.29) is 18.0 Å². The number of nitrogen functional groups attached to an aromatic ring is 1. The highest BCUT2D eigenvalue weighted by molar-refractivity contribution is 5.95. The Bertz CT molecular complexity index is 804. The summed E-state index contributed by atoms with van der Waals surface area (Å²) in [6.07, 6.45) is 0.535. The van der Waals surface area contributed by atoms with Gasteiger partial charge in [-0.2, -0.15) is 0 Å². The fraction of sp³-hybridized carbons (Fsp3) is 0.300. The van der Waals surface area contributed by atoms with Gasteiger partial charge in [-0.25, -0.2) is 4.79 Å². The van der Waals surface area contributed by atoms with Gasteiger partial charge in [-0.05, 0) is 49.2 Å². The number of benzene rings is 2. The second kappa shape index (κ2) is 7.47. The Balaban J connectivity index is 1.78. The quantitative estimate of drug-likeness (QED) is 0.825. The summed E-state index contributed by atoms with van der Waals surface area (Å²) in [6.45, 7) is 3.84. The van der Waals surface area contributed by atoms with Crippen molar-refractivity contribution < 1.29 is 14.3 Å². The maximum atomic E-state index is 12.3. The molecule has 0 aliphatic carbocycles. The second-order valence-corrected chi connectivity index (χ2v) is 6.42. The van der Waals surface area contributed by atoms with Crippen molar-refractivity contribution in [1.29, 1.82) is 0 Å². The zero-order chi connectivity index (χ0) is 18.7. The highest BCUT2D eigenvalue weighted by Crippen LogP contribution is 2.37. The van der Waals surface area contributed by atoms with Crippen LogP contribution in [0, 0.1) is 0 Å². The van der Waals surface area contributed by atoms with Gasteiger partial charge in [0.25, 0.3) is 0 Å². The summed E-state index contributed by atoms with van der Waals surface area (Å²) in [5.41, 5.74) is 8.00. The maximum Gasteiger partial charge on any atom is 0.413 e. The molecule has 1 aliphatic heterocycles. The summed E-state index contributed by atoms with van der Waals surface area (Å²) in [6, 6.07) is 14.1. The van der Waals surface area contributed by atoms with E-state index in [1.165, 1.54) is 0 Å². The molecule has 2 aromatic rings. The van der Waals surface area contributed by atoms with Crippen LogP contribution in [0.1, 0.15) is 38.3 Å². The van der Waals surface area contributed by atoms with Gasteiger partial charge in [0.15, 0.2) is 0 Å². The van der Waals surface area contributed by atoms with Crippen molar-refractivity contribution >= 4 is 23.4 Å². The summed E-state index contributed by atoms with van der Waals surface area (Å²) < 4.78 is 5.33. The molecule has 0 bridgehead atoms. The molecule has 0 unspecified atom stereocenters. The molecule has 0 spiro atoms. The monoisotopic (exact) mass is 353 g/mol. The van der Waals surface area contributed by atoms with E-state index in [0.29, 0.717) is 24.3 Å². The third-order valence-electron chi connectivity index (χ3n) is 4.54. The first kappa shape index (κ1) is 17.8. The summed E-state index contributed by atoms with van der Waals surface area (Å²) >= 11 is 0. The molecule has 1 aliphatic rings. The van der Waals surface area contributed by atoms with Crippen LogP contribution < -0.4 is 20.7 Å². The number of ether oxygens (including phenoxy) is 1. The van der Waals surface area contributed by atoms with E-state index in [9.17, 15) is 9.59 Å². The Labute approximate surface area is 152 Å². The molecule has 2 atom stereocenters. The van der Waals surface area contributed by atoms with Crippen LogP contribution in [0.4, 0.5) is 16.2 Å². The largest absolute Gasteiger partial charge is 0.413 e. The molecule has 0 saturated heterocycles. The third-order valence-corrected chi connectivity index (χ3v) is 4.54. The SMILES string of the molecule is CCC(=O)N1c2ccccc2[C@H](NC(=O)Oc2ccc(N)cc2)C[C@@H]1C. The maximum absolute atomic E-state index is 12.3. The minimum absolute atomic E-state index is 0.0147. The van der Waals surface area contributed by atoms with Crippen LogP contribution in [-0.4, -0.2) is 18.0 Å². The number of hydrogen-bond acceptors (Lipinski definition) is 4. The molecule has 2 aromatic carbocycles. The molecule has 2 amide bonds. The van der Waals surface area contributed by atoms with Crippen molar-refractivity contribution in [3.8, 4) is 5.75 Å². The molecule has 3 rings (SSSR count). The molecule has 6 heteroatoms. The topological polar surface area (TPSA) is 84.7 Å². The van der Waals surface area contributed by atoms with E-state index in [0.717, 1.165) is 11.3 Å². The number of para-hydroxylation sites is 1. The molecule has 0 fully saturated rings. The Hall–Kier alpha value is -3.02. The number of nitrogens with two attached hydrogens (primary N) is 1. The first-order chi connectivity index (χ1) is 12.5. The number of amides is 2. The predicted octanol–water partition coefficient (Wildman–Crippen LogP) is 3.63. The van der Waals surface area contributed by atoms with Crippen molar-refractivity contribution in [2.45, 2.75) is 38.8 Å².